The number of ether oxygens (including phenoxy) is 1. The lowest BCUT2D eigenvalue weighted by Crippen LogP contribution is -2.13. The molecule has 4 rings (SSSR count). The Hall–Kier alpha value is -2.86. The number of nitrogens with zero attached hydrogens (tertiary/aromatic N) is 2. The SMILES string of the molecule is COc1ccc2c3ccnc(C)c3n(S(=O)(=O)c3ccc(C)cc3)c2c1. The van der Waals surface area contributed by atoms with E-state index in [0.717, 1.165) is 16.3 Å². The molecule has 26 heavy (non-hydrogen) atoms. The van der Waals surface area contributed by atoms with Crippen LogP contribution in [0.15, 0.2) is 59.6 Å². The van der Waals surface area contributed by atoms with E-state index < -0.39 is 10.0 Å². The van der Waals surface area contributed by atoms with Crippen molar-refractivity contribution < 1.29 is 13.2 Å². The van der Waals surface area contributed by atoms with Crippen molar-refractivity contribution >= 4 is 31.8 Å². The Morgan fingerprint density at radius 2 is 1.69 bits per heavy atom. The van der Waals surface area contributed by atoms with E-state index in [9.17, 15) is 8.42 Å². The minimum atomic E-state index is -3.79. The maximum absolute atomic E-state index is 13.5. The van der Waals surface area contributed by atoms with Gasteiger partial charge >= 0.3 is 0 Å². The van der Waals surface area contributed by atoms with Crippen LogP contribution in [0.4, 0.5) is 0 Å². The van der Waals surface area contributed by atoms with Crippen molar-refractivity contribution in [1.29, 1.82) is 0 Å². The Kier molecular flexibility index (Phi) is 3.73. The first-order valence-corrected chi connectivity index (χ1v) is 9.63. The third-order valence-electron chi connectivity index (χ3n) is 4.58. The first kappa shape index (κ1) is 16.6. The highest BCUT2D eigenvalue weighted by atomic mass is 32.2. The van der Waals surface area contributed by atoms with Crippen molar-refractivity contribution in [3.63, 3.8) is 0 Å². The fourth-order valence-electron chi connectivity index (χ4n) is 3.25. The largest absolute Gasteiger partial charge is 0.497 e. The molecule has 0 amide bonds. The zero-order valence-electron chi connectivity index (χ0n) is 14.7. The van der Waals surface area contributed by atoms with Crippen LogP contribution in [-0.2, 0) is 10.0 Å². The summed E-state index contributed by atoms with van der Waals surface area (Å²) in [5.41, 5.74) is 2.84. The van der Waals surface area contributed by atoms with Crippen molar-refractivity contribution in [2.24, 2.45) is 0 Å². The topological polar surface area (TPSA) is 61.2 Å². The molecular formula is C20H18N2O3S. The summed E-state index contributed by atoms with van der Waals surface area (Å²) in [5.74, 6) is 0.603. The van der Waals surface area contributed by atoms with Gasteiger partial charge in [0.25, 0.3) is 10.0 Å². The quantitative estimate of drug-likeness (QED) is 0.549. The Morgan fingerprint density at radius 3 is 2.38 bits per heavy atom. The molecule has 2 aromatic heterocycles. The van der Waals surface area contributed by atoms with Gasteiger partial charge in [-0.25, -0.2) is 12.4 Å². The maximum atomic E-state index is 13.5. The second-order valence-electron chi connectivity index (χ2n) is 6.26. The van der Waals surface area contributed by atoms with E-state index in [1.165, 1.54) is 3.97 Å². The summed E-state index contributed by atoms with van der Waals surface area (Å²) in [5, 5.41) is 1.70. The Bertz CT molecular complexity index is 1240. The number of aromatic nitrogens is 2. The van der Waals surface area contributed by atoms with E-state index in [1.807, 2.05) is 32.0 Å². The lowest BCUT2D eigenvalue weighted by Gasteiger charge is -2.11. The molecule has 2 heterocycles. The van der Waals surface area contributed by atoms with Gasteiger partial charge in [-0.15, -0.1) is 0 Å². The number of pyridine rings is 1. The van der Waals surface area contributed by atoms with E-state index in [1.54, 1.807) is 43.6 Å². The van der Waals surface area contributed by atoms with Crippen LogP contribution < -0.4 is 4.74 Å². The first-order valence-electron chi connectivity index (χ1n) is 8.19. The van der Waals surface area contributed by atoms with Gasteiger partial charge in [0.05, 0.1) is 28.7 Å². The van der Waals surface area contributed by atoms with Gasteiger partial charge < -0.3 is 4.74 Å². The van der Waals surface area contributed by atoms with Gasteiger partial charge in [-0.05, 0) is 44.2 Å². The fourth-order valence-corrected chi connectivity index (χ4v) is 4.82. The van der Waals surface area contributed by atoms with Gasteiger partial charge in [-0.2, -0.15) is 0 Å². The van der Waals surface area contributed by atoms with Crippen molar-refractivity contribution in [2.45, 2.75) is 18.7 Å². The van der Waals surface area contributed by atoms with E-state index in [2.05, 4.69) is 4.98 Å². The number of rotatable bonds is 3. The van der Waals surface area contributed by atoms with Gasteiger partial charge in [0.1, 0.15) is 5.75 Å². The number of benzene rings is 2. The smallest absolute Gasteiger partial charge is 0.268 e. The normalized spacial score (nSPS) is 12.0. The highest BCUT2D eigenvalue weighted by Gasteiger charge is 2.24. The molecule has 5 nitrogen and oxygen atoms in total. The van der Waals surface area contributed by atoms with Crippen LogP contribution in [0.2, 0.25) is 0 Å². The van der Waals surface area contributed by atoms with Crippen molar-refractivity contribution in [2.75, 3.05) is 7.11 Å². The number of aryl methyl sites for hydroxylation is 2. The zero-order valence-corrected chi connectivity index (χ0v) is 15.5. The van der Waals surface area contributed by atoms with E-state index in [-0.39, 0.29) is 4.90 Å². The van der Waals surface area contributed by atoms with Crippen LogP contribution in [0.3, 0.4) is 0 Å². The Balaban J connectivity index is 2.17. The zero-order chi connectivity index (χ0) is 18.5. The first-order chi connectivity index (χ1) is 12.4. The van der Waals surface area contributed by atoms with Crippen LogP contribution in [0.5, 0.6) is 5.75 Å². The third kappa shape index (κ3) is 2.37. The van der Waals surface area contributed by atoms with Crippen LogP contribution in [0, 0.1) is 13.8 Å². The maximum Gasteiger partial charge on any atom is 0.268 e. The molecular weight excluding hydrogens is 348 g/mol. The van der Waals surface area contributed by atoms with Crippen LogP contribution >= 0.6 is 0 Å². The lowest BCUT2D eigenvalue weighted by molar-refractivity contribution is 0.415. The highest BCUT2D eigenvalue weighted by molar-refractivity contribution is 7.90. The minimum absolute atomic E-state index is 0.243. The average Bonchev–Trinajstić information content (AvgIpc) is 2.97. The summed E-state index contributed by atoms with van der Waals surface area (Å²) in [4.78, 5) is 4.55. The van der Waals surface area contributed by atoms with Gasteiger partial charge in [-0.3, -0.25) is 4.98 Å². The summed E-state index contributed by atoms with van der Waals surface area (Å²) in [6.07, 6.45) is 1.70. The van der Waals surface area contributed by atoms with E-state index >= 15 is 0 Å². The van der Waals surface area contributed by atoms with Crippen LogP contribution in [-0.4, -0.2) is 24.5 Å². The second kappa shape index (κ2) is 5.85. The van der Waals surface area contributed by atoms with Crippen molar-refractivity contribution in [1.82, 2.24) is 8.96 Å². The molecule has 0 atom stereocenters. The van der Waals surface area contributed by atoms with E-state index in [0.29, 0.717) is 22.5 Å². The molecule has 0 saturated carbocycles. The number of hydrogen-bond donors (Lipinski definition) is 0. The summed E-state index contributed by atoms with van der Waals surface area (Å²) < 4.78 is 33.7. The molecule has 0 unspecified atom stereocenters. The standard InChI is InChI=1S/C20H18N2O3S/c1-13-4-7-16(8-5-13)26(23,24)22-19-12-15(25-3)6-9-17(19)18-10-11-21-14(2)20(18)22/h4-12H,1-3H3. The van der Waals surface area contributed by atoms with Crippen molar-refractivity contribution in [3.8, 4) is 5.75 Å². The monoisotopic (exact) mass is 366 g/mol. The number of fused-ring (bicyclic) bond motifs is 3. The molecule has 0 radical (unpaired) electrons. The predicted octanol–water partition coefficient (Wildman–Crippen LogP) is 4.05. The molecule has 4 aromatic rings. The van der Waals surface area contributed by atoms with Gasteiger partial charge in [0, 0.05) is 23.0 Å². The van der Waals surface area contributed by atoms with Crippen LogP contribution in [0.25, 0.3) is 21.8 Å². The fraction of sp³-hybridized carbons (Fsp3) is 0.150. The number of methoxy groups -OCH3 is 1. The molecule has 0 bridgehead atoms. The summed E-state index contributed by atoms with van der Waals surface area (Å²) in [6, 6.07) is 14.2. The molecule has 132 valence electrons. The molecule has 0 aliphatic carbocycles. The lowest BCUT2D eigenvalue weighted by atomic mass is 10.1. The highest BCUT2D eigenvalue weighted by Crippen LogP contribution is 2.35. The molecule has 0 N–H and O–H groups in total. The minimum Gasteiger partial charge on any atom is -0.497 e. The molecule has 0 saturated heterocycles. The molecule has 0 fully saturated rings. The summed E-state index contributed by atoms with van der Waals surface area (Å²) in [6.45, 7) is 3.75. The molecule has 0 aliphatic heterocycles. The average molecular weight is 366 g/mol. The van der Waals surface area contributed by atoms with Crippen LogP contribution in [0.1, 0.15) is 11.3 Å². The second-order valence-corrected chi connectivity index (χ2v) is 8.04. The molecule has 0 spiro atoms. The molecule has 2 aromatic carbocycles. The number of hydrogen-bond acceptors (Lipinski definition) is 4. The predicted molar refractivity (Wildman–Crippen MR) is 102 cm³/mol. The third-order valence-corrected chi connectivity index (χ3v) is 6.31. The van der Waals surface area contributed by atoms with Gasteiger partial charge in [0.15, 0.2) is 0 Å². The van der Waals surface area contributed by atoms with Crippen molar-refractivity contribution in [3.05, 3.63) is 66.0 Å². The Morgan fingerprint density at radius 1 is 0.962 bits per heavy atom. The summed E-state index contributed by atoms with van der Waals surface area (Å²) in [7, 11) is -2.23. The Labute approximate surface area is 151 Å². The van der Waals surface area contributed by atoms with E-state index in [4.69, 9.17) is 4.74 Å². The molecule has 6 heteroatoms. The van der Waals surface area contributed by atoms with Gasteiger partial charge in [-0.1, -0.05) is 17.7 Å². The molecule has 0 aliphatic rings. The summed E-state index contributed by atoms with van der Waals surface area (Å²) >= 11 is 0. The van der Waals surface area contributed by atoms with Gasteiger partial charge in [0.2, 0.25) is 0 Å².